The Morgan fingerprint density at radius 1 is 0.408 bits per heavy atom. The summed E-state index contributed by atoms with van der Waals surface area (Å²) >= 11 is 0. The Balaban J connectivity index is -0.000000623. The van der Waals surface area contributed by atoms with Crippen molar-refractivity contribution in [1.82, 2.24) is 134 Å². The number of esters is 2. The Labute approximate surface area is 626 Å². The van der Waals surface area contributed by atoms with Crippen LogP contribution >= 0.6 is 0 Å². The maximum absolute atomic E-state index is 11.6. The molecule has 3 amide bonds. The number of carbonyl (C=O) groups excluding carboxylic acids is 8. The second-order valence-electron chi connectivity index (χ2n) is 19.9. The van der Waals surface area contributed by atoms with E-state index in [1.807, 2.05) is 6.07 Å². The van der Waals surface area contributed by atoms with E-state index >= 15 is 0 Å². The van der Waals surface area contributed by atoms with Gasteiger partial charge in [-0.1, -0.05) is 18.2 Å². The number of benzene rings is 8. The zero-order valence-electron chi connectivity index (χ0n) is 63.5. The van der Waals surface area contributed by atoms with Gasteiger partial charge in [-0.05, 0) is 121 Å². The monoisotopic (exact) mass is 3670 g/mol. The summed E-state index contributed by atoms with van der Waals surface area (Å²) in [4.78, 5) is 99.9. The zero-order chi connectivity index (χ0) is 81.4. The first-order valence-electron chi connectivity index (χ1n) is 30.8. The van der Waals surface area contributed by atoms with Gasteiger partial charge in [0.1, 0.15) is 78.6 Å². The minimum absolute atomic E-state index is 0. The van der Waals surface area contributed by atoms with Crippen LogP contribution in [0.15, 0.2) is 146 Å². The van der Waals surface area contributed by atoms with Crippen LogP contribution < -0.4 is 26.4 Å². The van der Waals surface area contributed by atoms with E-state index in [1.54, 1.807) is 122 Å². The number of nitrogen functional groups attached to an aromatic ring is 1. The third kappa shape index (κ3) is 30.3. The van der Waals surface area contributed by atoms with Crippen molar-refractivity contribution in [3.8, 4) is 11.5 Å². The van der Waals surface area contributed by atoms with Crippen LogP contribution in [0.4, 0.5) is 11.4 Å². The summed E-state index contributed by atoms with van der Waals surface area (Å²) in [5.41, 5.74) is 18.7. The molecule has 16 aromatic rings. The summed E-state index contributed by atoms with van der Waals surface area (Å²) in [5.74, 6) is -2.35. The molecule has 0 spiro atoms. The molecule has 0 fully saturated rings. The minimum atomic E-state index is -0.958. The quantitative estimate of drug-likeness (QED) is 0.0230. The van der Waals surface area contributed by atoms with Gasteiger partial charge < -0.3 is 90.2 Å². The van der Waals surface area contributed by atoms with Crippen LogP contribution in [0.2, 0.25) is 0 Å². The number of H-pyrrole nitrogens is 8. The van der Waals surface area contributed by atoms with Gasteiger partial charge in [0.05, 0.1) is 51.8 Å². The molecular formula is C66H60N28O18Rf8-8. The average molecular weight is 3670 g/mol. The fraction of sp³-hybridized carbons (Fsp3) is 0.0909. The molecule has 120 heavy (non-hydrogen) atoms. The molecule has 0 aliphatic rings. The van der Waals surface area contributed by atoms with Crippen molar-refractivity contribution in [2.75, 3.05) is 37.4 Å². The molecule has 0 unspecified atom stereocenters. The van der Waals surface area contributed by atoms with Gasteiger partial charge in [-0.2, -0.15) is 157 Å². The zero-order valence-corrected chi connectivity index (χ0v) is 115. The molecule has 596 valence electrons. The number of anilines is 2. The van der Waals surface area contributed by atoms with Crippen LogP contribution in [0.5, 0.6) is 11.5 Å². The third-order valence-electron chi connectivity index (χ3n) is 12.8. The van der Waals surface area contributed by atoms with Crippen LogP contribution in [-0.4, -0.2) is 237 Å². The number of nitrogens with one attached hydrogen (secondary N) is 11. The van der Waals surface area contributed by atoms with Gasteiger partial charge in [0.25, 0.3) is 0 Å². The van der Waals surface area contributed by atoms with Crippen LogP contribution in [0.1, 0.15) is 55.3 Å². The van der Waals surface area contributed by atoms with E-state index in [-0.39, 0.29) is 36.6 Å². The van der Waals surface area contributed by atoms with Gasteiger partial charge in [-0.3, -0.25) is 12.6 Å². The number of carboxylic acids is 2. The van der Waals surface area contributed by atoms with E-state index in [0.29, 0.717) is 101 Å². The number of aliphatic hydroxyl groups is 2. The number of amides is 3. The second-order valence-corrected chi connectivity index (χ2v) is 19.9. The number of hydrogen-bond donors (Lipinski definition) is 17. The van der Waals surface area contributed by atoms with E-state index in [1.165, 1.54) is 70.0 Å². The number of aromatic nitrogens is 24. The van der Waals surface area contributed by atoms with Crippen LogP contribution in [-0.2, 0) is 38.2 Å². The number of nitrogens with zero attached hydrogens (tertiary/aromatic N) is 16. The number of phenols is 1. The Hall–Kier alpha value is -24.4. The summed E-state index contributed by atoms with van der Waals surface area (Å²) in [6, 6.07) is 39.7. The predicted octanol–water partition coefficient (Wildman–Crippen LogP) is 3.05. The van der Waals surface area contributed by atoms with Gasteiger partial charge in [-0.15, -0.1) is 17.8 Å². The Bertz CT molecular complexity index is 5550. The van der Waals surface area contributed by atoms with Crippen molar-refractivity contribution in [2.45, 2.75) is 13.8 Å². The summed E-state index contributed by atoms with van der Waals surface area (Å²) < 4.78 is 13.8. The van der Waals surface area contributed by atoms with E-state index < -0.39 is 23.9 Å². The van der Waals surface area contributed by atoms with E-state index in [9.17, 15) is 38.4 Å². The number of nitrogens with two attached hydrogens (primary N) is 1. The van der Waals surface area contributed by atoms with Crippen LogP contribution in [0.25, 0.3) is 88.3 Å². The maximum atomic E-state index is 11.6. The number of aromatic amines is 8. The summed E-state index contributed by atoms with van der Waals surface area (Å²) in [7, 11) is 5.29. The Kier molecular flexibility index (Phi) is 46.1. The molecule has 8 heterocycles. The fourth-order valence-electron chi connectivity index (χ4n) is 8.06. The predicted molar refractivity (Wildman–Crippen MR) is 392 cm³/mol. The van der Waals surface area contributed by atoms with E-state index in [4.69, 9.17) is 45.6 Å². The topological polar surface area (TPSA) is 694 Å². The van der Waals surface area contributed by atoms with Crippen molar-refractivity contribution in [3.05, 3.63) is 182 Å². The molecule has 0 radical (unpaired) electrons. The summed E-state index contributed by atoms with van der Waals surface area (Å²) in [6.45, 7) is 4.59. The molecule has 0 bridgehead atoms. The summed E-state index contributed by atoms with van der Waals surface area (Å²) in [6.07, 6.45) is 7.48. The van der Waals surface area contributed by atoms with Crippen molar-refractivity contribution in [3.63, 3.8) is 0 Å². The summed E-state index contributed by atoms with van der Waals surface area (Å²) in [5, 5.41) is 129. The fourth-order valence-corrected chi connectivity index (χ4v) is 8.06. The number of para-hydroxylation sites is 2. The van der Waals surface area contributed by atoms with Crippen molar-refractivity contribution in [2.24, 2.45) is 0 Å². The minimum Gasteiger partial charge on any atom is -0.637 e. The molecular weight excluding hydrogens is 3610 g/mol. The first-order valence-corrected chi connectivity index (χ1v) is 30.8. The number of aromatic carboxylic acids is 2. The number of rotatable bonds is 15. The number of phenolic OH excluding ortho intramolecular Hbond substituents is 1. The Morgan fingerprint density at radius 3 is 1.12 bits per heavy atom. The molecule has 0 aliphatic heterocycles. The SMILES string of the molecule is C[C-]=O.C[C-]=O.Nc1ccc2n[nH]nc2c1.O=C(O)c1ccc2n[nH]nc2c1.O=C(O)c1ccc2n[nH]nc2c1.O=[C-]NCCO.O=[C-]NCCOC(=O)c1ccc2n[nH]nc2c1.O=[C-]Nc1ccc2n[nH]nc2c1.O=[C-]Oc1cccc2n[nH]nc12.Oc1cccc2n[nH]nc12.[CH2-]O.[CH2-]OC(=O)c1ccc2n[nH]nc2c1.[Rf].[Rf].[Rf].[Rf].[Rf].[Rf].[Rf].[Rf]. The van der Waals surface area contributed by atoms with Crippen molar-refractivity contribution in [1.29, 1.82) is 0 Å². The number of aliphatic hydroxyl groups excluding tert-OH is 2. The number of hydrogen-bond acceptors (Lipinski definition) is 33. The average Bonchev–Trinajstić information content (AvgIpc) is 1.68. The van der Waals surface area contributed by atoms with E-state index in [0.717, 1.165) is 22.1 Å². The molecule has 54 heteroatoms. The van der Waals surface area contributed by atoms with Gasteiger partial charge in [0.15, 0.2) is 12.0 Å². The molecule has 18 N–H and O–H groups in total. The number of carbonyl (C=O) groups is 4. The maximum Gasteiger partial charge on any atom is 0.338 e. The van der Waals surface area contributed by atoms with Gasteiger partial charge in [0, 0.05) is 18.8 Å². The molecule has 16 rings (SSSR count). The third-order valence-corrected chi connectivity index (χ3v) is 12.8. The molecule has 46 nitrogen and oxygen atoms in total. The molecule has 8 aromatic carbocycles. The second kappa shape index (κ2) is 54.2. The standard InChI is InChI=1S/C10H9N4O3.C8H6N3O2.C7H5N4O.2C7H5N3O2.C7H4N3O2.C6H6N4.C6H5N3O.C3H6NO2.2C2H3O.CH3O.8Rf/c15-6-11-3-4-17-10(16)7-1-2-8-9(5-7)13-14-12-8;1-13-8(12)5-2-3-6-7(4-5)10-11-9-6;12-4-8-5-1-2-6-7(3-5)10-11-9-6;2*11-7(12)4-1-2-5-6(3-4)9-10-8-5;11-4-12-6-3-1-2-5-7(6)9-10-8-5;7-4-1-2-5-6(3-4)9-10-8-5;10-5-3-1-2-4-6(5)8-9-7-4;5-2-1-4-3-6;2*1-2-3;1-2;;;;;;;;/h1-2,5H,3-4H2,(H,11,15)(H,12,13,14);2-4H,1H2,(H,9,10,11);1-3H,(H,8,12)(H,9,10,11);2*1-3H,(H,11,12)(H,8,9,10);1-3H,(H,8,9,10);1-3H,7H2,(H,8,9,10);1-3,10H,(H,7,8,9);5H,1-2H2,(H,4,6);2*1H3;2H,1H2;;;;;;;;/q3*-1;;;-1;;;4*-1;;;;;;;;. The molecule has 0 saturated carbocycles. The number of fused-ring (bicyclic) bond motifs is 8. The van der Waals surface area contributed by atoms with Gasteiger partial charge >= 0.3 is 23.9 Å². The van der Waals surface area contributed by atoms with Crippen LogP contribution in [0.3, 0.4) is 0 Å². The number of ether oxygens (including phenoxy) is 3. The van der Waals surface area contributed by atoms with Crippen molar-refractivity contribution >= 4 is 162 Å². The largest absolute Gasteiger partial charge is 0.637 e. The van der Waals surface area contributed by atoms with Crippen molar-refractivity contribution < 1.29 is 87.7 Å². The first-order chi connectivity index (χ1) is 54.5. The van der Waals surface area contributed by atoms with Crippen LogP contribution in [0, 0.1) is 14.2 Å². The smallest absolute Gasteiger partial charge is 0.338 e. The van der Waals surface area contributed by atoms with Gasteiger partial charge in [-0.25, -0.2) is 26.3 Å². The molecule has 0 aliphatic carbocycles. The molecule has 0 atom stereocenters. The van der Waals surface area contributed by atoms with Gasteiger partial charge in [0.2, 0.25) is 0 Å². The van der Waals surface area contributed by atoms with E-state index in [2.05, 4.69) is 163 Å². The molecule has 8 aromatic heterocycles. The Morgan fingerprint density at radius 2 is 0.742 bits per heavy atom. The number of carboxylic acid groups (broad SMARTS) is 2. The number of aromatic hydroxyl groups is 1. The normalized spacial score (nSPS) is 8.98. The molecule has 0 saturated heterocycles. The first kappa shape index (κ1) is 102.